The molecule has 2 aromatic carbocycles. The molecule has 1 aliphatic rings. The Morgan fingerprint density at radius 3 is 2.86 bits per heavy atom. The van der Waals surface area contributed by atoms with Crippen LogP contribution in [0.15, 0.2) is 46.9 Å². The summed E-state index contributed by atoms with van der Waals surface area (Å²) in [4.78, 5) is 21.9. The number of aromatic nitrogens is 1. The van der Waals surface area contributed by atoms with Crippen LogP contribution in [-0.4, -0.2) is 55.2 Å². The lowest BCUT2D eigenvalue weighted by molar-refractivity contribution is 0.0376. The average molecular weight is 478 g/mol. The number of amides is 1. The molecule has 1 amide bonds. The Morgan fingerprint density at radius 2 is 2.07 bits per heavy atom. The van der Waals surface area contributed by atoms with Gasteiger partial charge in [-0.05, 0) is 42.8 Å². The second kappa shape index (κ2) is 9.30. The van der Waals surface area contributed by atoms with Gasteiger partial charge in [-0.25, -0.2) is 9.37 Å². The van der Waals surface area contributed by atoms with Crippen molar-refractivity contribution >= 4 is 48.5 Å². The van der Waals surface area contributed by atoms with Crippen molar-refractivity contribution in [2.45, 2.75) is 6.42 Å². The number of rotatable bonds is 6. The third-order valence-corrected chi connectivity index (χ3v) is 6.38. The topological polar surface area (TPSA) is 45.7 Å². The van der Waals surface area contributed by atoms with Gasteiger partial charge in [0.25, 0.3) is 5.91 Å². The highest BCUT2D eigenvalue weighted by Gasteiger charge is 2.22. The largest absolute Gasteiger partial charge is 0.379 e. The number of carbonyl (C=O) groups excluding carboxylic acids is 1. The lowest BCUT2D eigenvalue weighted by Gasteiger charge is -2.27. The first kappa shape index (κ1) is 20.4. The quantitative estimate of drug-likeness (QED) is 0.521. The summed E-state index contributed by atoms with van der Waals surface area (Å²) >= 11 is 4.77. The highest BCUT2D eigenvalue weighted by molar-refractivity contribution is 9.10. The number of anilines is 1. The Balaban J connectivity index is 1.57. The van der Waals surface area contributed by atoms with E-state index in [4.69, 9.17) is 4.74 Å². The van der Waals surface area contributed by atoms with Crippen molar-refractivity contribution < 1.29 is 13.9 Å². The number of hydrogen-bond acceptors (Lipinski definition) is 5. The molecule has 4 rings (SSSR count). The van der Waals surface area contributed by atoms with Crippen LogP contribution in [0.3, 0.4) is 0 Å². The van der Waals surface area contributed by atoms with E-state index in [1.54, 1.807) is 17.0 Å². The first-order chi connectivity index (χ1) is 14.1. The van der Waals surface area contributed by atoms with E-state index >= 15 is 0 Å². The molecule has 152 valence electrons. The van der Waals surface area contributed by atoms with Gasteiger partial charge in [0.05, 0.1) is 23.4 Å². The maximum atomic E-state index is 13.6. The second-order valence-corrected chi connectivity index (χ2v) is 8.81. The van der Waals surface area contributed by atoms with Crippen molar-refractivity contribution in [1.82, 2.24) is 9.88 Å². The summed E-state index contributed by atoms with van der Waals surface area (Å²) in [7, 11) is 0. The molecule has 0 atom stereocenters. The van der Waals surface area contributed by atoms with Crippen LogP contribution in [-0.2, 0) is 4.74 Å². The van der Waals surface area contributed by atoms with E-state index in [0.29, 0.717) is 22.8 Å². The van der Waals surface area contributed by atoms with E-state index in [0.717, 1.165) is 48.4 Å². The van der Waals surface area contributed by atoms with E-state index in [1.807, 2.05) is 18.2 Å². The Bertz CT molecular complexity index is 1010. The number of fused-ring (bicyclic) bond motifs is 1. The highest BCUT2D eigenvalue weighted by Crippen LogP contribution is 2.30. The Kier molecular flexibility index (Phi) is 6.54. The van der Waals surface area contributed by atoms with Crippen LogP contribution in [0.5, 0.6) is 0 Å². The minimum absolute atomic E-state index is 0.104. The van der Waals surface area contributed by atoms with E-state index in [2.05, 4.69) is 25.8 Å². The van der Waals surface area contributed by atoms with Crippen molar-refractivity contribution in [2.24, 2.45) is 0 Å². The number of halogens is 2. The fourth-order valence-corrected chi connectivity index (χ4v) is 4.75. The average Bonchev–Trinajstić information content (AvgIpc) is 3.14. The van der Waals surface area contributed by atoms with Gasteiger partial charge >= 0.3 is 0 Å². The van der Waals surface area contributed by atoms with Crippen LogP contribution in [0.2, 0.25) is 0 Å². The smallest absolute Gasteiger partial charge is 0.260 e. The van der Waals surface area contributed by atoms with Crippen molar-refractivity contribution in [2.75, 3.05) is 44.3 Å². The first-order valence-corrected chi connectivity index (χ1v) is 11.1. The maximum absolute atomic E-state index is 13.6. The zero-order chi connectivity index (χ0) is 20.2. The lowest BCUT2D eigenvalue weighted by atomic mass is 10.2. The van der Waals surface area contributed by atoms with Gasteiger partial charge in [-0.3, -0.25) is 14.6 Å². The molecular formula is C21H21BrFN3O2S. The maximum Gasteiger partial charge on any atom is 0.260 e. The molecule has 0 aliphatic carbocycles. The number of nitrogens with zero attached hydrogens (tertiary/aromatic N) is 3. The molecule has 0 spiro atoms. The Morgan fingerprint density at radius 1 is 1.24 bits per heavy atom. The molecule has 0 saturated carbocycles. The van der Waals surface area contributed by atoms with Gasteiger partial charge in [0.2, 0.25) is 0 Å². The van der Waals surface area contributed by atoms with Crippen LogP contribution in [0.4, 0.5) is 9.52 Å². The minimum Gasteiger partial charge on any atom is -0.379 e. The van der Waals surface area contributed by atoms with Crippen molar-refractivity contribution in [3.05, 3.63) is 58.3 Å². The van der Waals surface area contributed by atoms with Gasteiger partial charge in [0, 0.05) is 36.2 Å². The minimum atomic E-state index is -0.301. The van der Waals surface area contributed by atoms with Crippen LogP contribution in [0.25, 0.3) is 10.2 Å². The summed E-state index contributed by atoms with van der Waals surface area (Å²) in [6.07, 6.45) is 0.823. The molecule has 2 heterocycles. The molecule has 1 aliphatic heterocycles. The van der Waals surface area contributed by atoms with E-state index in [9.17, 15) is 9.18 Å². The normalized spacial score (nSPS) is 15.0. The monoisotopic (exact) mass is 477 g/mol. The standard InChI is InChI=1S/C21H21BrFN3O2S/c22-16-4-1-3-15(13-16)20(27)26(8-2-7-25-9-11-28-12-10-25)21-24-18-6-5-17(23)14-19(18)29-21/h1,3-6,13-14H,2,7-12H2. The van der Waals surface area contributed by atoms with E-state index in [1.165, 1.54) is 23.5 Å². The van der Waals surface area contributed by atoms with Gasteiger partial charge in [-0.2, -0.15) is 0 Å². The van der Waals surface area contributed by atoms with Gasteiger partial charge in [-0.15, -0.1) is 0 Å². The number of carbonyl (C=O) groups is 1. The van der Waals surface area contributed by atoms with Gasteiger partial charge in [-0.1, -0.05) is 33.3 Å². The van der Waals surface area contributed by atoms with E-state index < -0.39 is 0 Å². The first-order valence-electron chi connectivity index (χ1n) is 9.54. The summed E-state index contributed by atoms with van der Waals surface area (Å²) in [6, 6.07) is 11.9. The number of thiazole rings is 1. The molecule has 0 radical (unpaired) electrons. The third kappa shape index (κ3) is 5.01. The lowest BCUT2D eigenvalue weighted by Crippen LogP contribution is -2.39. The molecule has 1 fully saturated rings. The summed E-state index contributed by atoms with van der Waals surface area (Å²) in [5.41, 5.74) is 1.29. The van der Waals surface area contributed by atoms with E-state index in [-0.39, 0.29) is 11.7 Å². The zero-order valence-electron chi connectivity index (χ0n) is 15.8. The van der Waals surface area contributed by atoms with Crippen LogP contribution in [0.1, 0.15) is 16.8 Å². The highest BCUT2D eigenvalue weighted by atomic mass is 79.9. The Labute approximate surface area is 181 Å². The predicted molar refractivity (Wildman–Crippen MR) is 117 cm³/mol. The van der Waals surface area contributed by atoms with Crippen molar-refractivity contribution in [3.8, 4) is 0 Å². The Hall–Kier alpha value is -1.87. The fourth-order valence-electron chi connectivity index (χ4n) is 3.34. The molecule has 1 aromatic heterocycles. The van der Waals surface area contributed by atoms with Gasteiger partial charge in [0.15, 0.2) is 5.13 Å². The SMILES string of the molecule is O=C(c1cccc(Br)c1)N(CCCN1CCOCC1)c1nc2ccc(F)cc2s1. The van der Waals surface area contributed by atoms with Crippen molar-refractivity contribution in [3.63, 3.8) is 0 Å². The fraction of sp³-hybridized carbons (Fsp3) is 0.333. The molecule has 0 unspecified atom stereocenters. The second-order valence-electron chi connectivity index (χ2n) is 6.88. The summed E-state index contributed by atoms with van der Waals surface area (Å²) in [5, 5.41) is 0.595. The molecule has 5 nitrogen and oxygen atoms in total. The molecule has 8 heteroatoms. The molecule has 0 bridgehead atoms. The number of benzene rings is 2. The third-order valence-electron chi connectivity index (χ3n) is 4.85. The number of hydrogen-bond donors (Lipinski definition) is 0. The van der Waals surface area contributed by atoms with Crippen molar-refractivity contribution in [1.29, 1.82) is 0 Å². The van der Waals surface area contributed by atoms with Crippen LogP contribution >= 0.6 is 27.3 Å². The van der Waals surface area contributed by atoms with Crippen LogP contribution < -0.4 is 4.90 Å². The molecule has 1 saturated heterocycles. The van der Waals surface area contributed by atoms with Gasteiger partial charge < -0.3 is 4.74 Å². The molecular weight excluding hydrogens is 457 g/mol. The summed E-state index contributed by atoms with van der Waals surface area (Å²) < 4.78 is 20.6. The van der Waals surface area contributed by atoms with Crippen LogP contribution in [0, 0.1) is 5.82 Å². The molecule has 29 heavy (non-hydrogen) atoms. The zero-order valence-corrected chi connectivity index (χ0v) is 18.2. The summed E-state index contributed by atoms with van der Waals surface area (Å²) in [5.74, 6) is -0.405. The molecule has 3 aromatic rings. The molecule has 0 N–H and O–H groups in total. The van der Waals surface area contributed by atoms with Gasteiger partial charge in [0.1, 0.15) is 5.82 Å². The number of ether oxygens (including phenoxy) is 1. The predicted octanol–water partition coefficient (Wildman–Crippen LogP) is 4.57. The summed E-state index contributed by atoms with van der Waals surface area (Å²) in [6.45, 7) is 4.78. The number of morpholine rings is 1.